The van der Waals surface area contributed by atoms with Crippen molar-refractivity contribution in [1.82, 2.24) is 4.90 Å². The molecule has 0 aliphatic carbocycles. The average Bonchev–Trinajstić information content (AvgIpc) is 2.67. The highest BCUT2D eigenvalue weighted by Crippen LogP contribution is 2.20. The first-order valence-corrected chi connectivity index (χ1v) is 8.71. The summed E-state index contributed by atoms with van der Waals surface area (Å²) in [7, 11) is 0. The molecule has 2 amide bonds. The Morgan fingerprint density at radius 3 is 2.46 bits per heavy atom. The van der Waals surface area contributed by atoms with Crippen LogP contribution in [0, 0.1) is 11.3 Å². The molecule has 0 atom stereocenters. The van der Waals surface area contributed by atoms with Gasteiger partial charge in [-0.25, -0.2) is 0 Å². The van der Waals surface area contributed by atoms with E-state index in [4.69, 9.17) is 5.26 Å². The number of anilines is 1. The van der Waals surface area contributed by atoms with Gasteiger partial charge >= 0.3 is 0 Å². The van der Waals surface area contributed by atoms with Gasteiger partial charge in [-0.15, -0.1) is 0 Å². The molecule has 1 aliphatic heterocycles. The molecule has 1 heterocycles. The van der Waals surface area contributed by atoms with Gasteiger partial charge in [0, 0.05) is 38.7 Å². The molecule has 5 nitrogen and oxygen atoms in total. The van der Waals surface area contributed by atoms with Crippen molar-refractivity contribution in [3.63, 3.8) is 0 Å². The molecule has 132 valence electrons. The standard InChI is InChI=1S/C21H21N3O2/c1-16(25)24(20-8-6-17(14-22)7-9-20)13-11-21(26)23-12-10-18-4-2-3-5-19(18)15-23/h2-9H,10-13,15H2,1H3. The third kappa shape index (κ3) is 3.92. The smallest absolute Gasteiger partial charge is 0.224 e. The Morgan fingerprint density at radius 2 is 1.81 bits per heavy atom. The summed E-state index contributed by atoms with van der Waals surface area (Å²) >= 11 is 0. The number of carbonyl (C=O) groups excluding carboxylic acids is 2. The van der Waals surface area contributed by atoms with E-state index in [1.165, 1.54) is 18.1 Å². The maximum atomic E-state index is 12.6. The summed E-state index contributed by atoms with van der Waals surface area (Å²) in [5.41, 5.74) is 3.75. The van der Waals surface area contributed by atoms with Crippen LogP contribution in [0.3, 0.4) is 0 Å². The Labute approximate surface area is 153 Å². The van der Waals surface area contributed by atoms with E-state index in [9.17, 15) is 9.59 Å². The quantitative estimate of drug-likeness (QED) is 0.854. The van der Waals surface area contributed by atoms with E-state index < -0.39 is 0 Å². The lowest BCUT2D eigenvalue weighted by molar-refractivity contribution is -0.131. The summed E-state index contributed by atoms with van der Waals surface area (Å²) in [5.74, 6) is -0.0640. The van der Waals surface area contributed by atoms with Crippen LogP contribution in [0.15, 0.2) is 48.5 Å². The minimum Gasteiger partial charge on any atom is -0.338 e. The minimum absolute atomic E-state index is 0.0550. The second kappa shape index (κ2) is 7.83. The topological polar surface area (TPSA) is 64.4 Å². The van der Waals surface area contributed by atoms with E-state index in [1.807, 2.05) is 17.0 Å². The van der Waals surface area contributed by atoms with Crippen molar-refractivity contribution in [1.29, 1.82) is 5.26 Å². The molecule has 26 heavy (non-hydrogen) atoms. The lowest BCUT2D eigenvalue weighted by Crippen LogP contribution is -2.39. The number of carbonyl (C=O) groups is 2. The Morgan fingerprint density at radius 1 is 1.12 bits per heavy atom. The van der Waals surface area contributed by atoms with E-state index in [2.05, 4.69) is 18.2 Å². The molecule has 2 aromatic carbocycles. The van der Waals surface area contributed by atoms with Crippen LogP contribution in [-0.4, -0.2) is 29.8 Å². The number of rotatable bonds is 4. The molecule has 0 saturated heterocycles. The zero-order chi connectivity index (χ0) is 18.5. The first-order chi connectivity index (χ1) is 12.6. The number of hydrogen-bond donors (Lipinski definition) is 0. The number of amides is 2. The van der Waals surface area contributed by atoms with E-state index in [-0.39, 0.29) is 18.2 Å². The predicted octanol–water partition coefficient (Wildman–Crippen LogP) is 2.89. The lowest BCUT2D eigenvalue weighted by atomic mass is 10.00. The summed E-state index contributed by atoms with van der Waals surface area (Å²) in [4.78, 5) is 28.0. The average molecular weight is 347 g/mol. The largest absolute Gasteiger partial charge is 0.338 e. The Kier molecular flexibility index (Phi) is 5.33. The van der Waals surface area contributed by atoms with Crippen LogP contribution >= 0.6 is 0 Å². The highest BCUT2D eigenvalue weighted by Gasteiger charge is 2.21. The molecule has 0 aromatic heterocycles. The van der Waals surface area contributed by atoms with Crippen molar-refractivity contribution >= 4 is 17.5 Å². The van der Waals surface area contributed by atoms with Gasteiger partial charge in [0.25, 0.3) is 0 Å². The summed E-state index contributed by atoms with van der Waals surface area (Å²) in [6.07, 6.45) is 1.15. The van der Waals surface area contributed by atoms with Crippen LogP contribution in [0.4, 0.5) is 5.69 Å². The van der Waals surface area contributed by atoms with Gasteiger partial charge in [0.2, 0.25) is 11.8 Å². The lowest BCUT2D eigenvalue weighted by Gasteiger charge is -2.30. The van der Waals surface area contributed by atoms with Crippen molar-refractivity contribution in [3.05, 3.63) is 65.2 Å². The first kappa shape index (κ1) is 17.7. The summed E-state index contributed by atoms with van der Waals surface area (Å²) in [6.45, 7) is 3.16. The molecule has 0 N–H and O–H groups in total. The van der Waals surface area contributed by atoms with Gasteiger partial charge < -0.3 is 9.80 Å². The monoisotopic (exact) mass is 347 g/mol. The molecule has 0 unspecified atom stereocenters. The molecule has 1 aliphatic rings. The van der Waals surface area contributed by atoms with E-state index in [0.717, 1.165) is 6.42 Å². The van der Waals surface area contributed by atoms with Gasteiger partial charge in [0.1, 0.15) is 0 Å². The number of hydrogen-bond acceptors (Lipinski definition) is 3. The molecule has 5 heteroatoms. The summed E-state index contributed by atoms with van der Waals surface area (Å²) in [6, 6.07) is 17.1. The Hall–Kier alpha value is -3.13. The molecule has 0 saturated carbocycles. The summed E-state index contributed by atoms with van der Waals surface area (Å²) in [5, 5.41) is 8.89. The third-order valence-corrected chi connectivity index (χ3v) is 4.72. The fourth-order valence-corrected chi connectivity index (χ4v) is 3.26. The highest BCUT2D eigenvalue weighted by atomic mass is 16.2. The van der Waals surface area contributed by atoms with Gasteiger partial charge in [-0.05, 0) is 41.8 Å². The molecule has 0 radical (unpaired) electrons. The maximum absolute atomic E-state index is 12.6. The van der Waals surface area contributed by atoms with E-state index in [0.29, 0.717) is 30.9 Å². The van der Waals surface area contributed by atoms with Crippen molar-refractivity contribution in [2.75, 3.05) is 18.0 Å². The zero-order valence-corrected chi connectivity index (χ0v) is 14.8. The fraction of sp³-hybridized carbons (Fsp3) is 0.286. The number of nitriles is 1. The van der Waals surface area contributed by atoms with Crippen LogP contribution in [0.25, 0.3) is 0 Å². The molecule has 0 bridgehead atoms. The summed E-state index contributed by atoms with van der Waals surface area (Å²) < 4.78 is 0. The fourth-order valence-electron chi connectivity index (χ4n) is 3.26. The Bertz CT molecular complexity index is 852. The van der Waals surface area contributed by atoms with Crippen molar-refractivity contribution < 1.29 is 9.59 Å². The third-order valence-electron chi connectivity index (χ3n) is 4.72. The zero-order valence-electron chi connectivity index (χ0n) is 14.8. The molecule has 3 rings (SSSR count). The van der Waals surface area contributed by atoms with Gasteiger partial charge in [-0.2, -0.15) is 5.26 Å². The minimum atomic E-state index is -0.119. The number of benzene rings is 2. The molecular weight excluding hydrogens is 326 g/mol. The predicted molar refractivity (Wildman–Crippen MR) is 99.4 cm³/mol. The van der Waals surface area contributed by atoms with Crippen molar-refractivity contribution in [3.8, 4) is 6.07 Å². The van der Waals surface area contributed by atoms with Gasteiger partial charge in [-0.3, -0.25) is 9.59 Å². The molecule has 0 fully saturated rings. The second-order valence-electron chi connectivity index (χ2n) is 6.41. The molecular formula is C21H21N3O2. The van der Waals surface area contributed by atoms with Crippen LogP contribution < -0.4 is 4.90 Å². The SMILES string of the molecule is CC(=O)N(CCC(=O)N1CCc2ccccc2C1)c1ccc(C#N)cc1. The van der Waals surface area contributed by atoms with Crippen LogP contribution in [0.1, 0.15) is 30.0 Å². The van der Waals surface area contributed by atoms with Crippen LogP contribution in [-0.2, 0) is 22.6 Å². The van der Waals surface area contributed by atoms with Gasteiger partial charge in [0.05, 0.1) is 11.6 Å². The van der Waals surface area contributed by atoms with Crippen LogP contribution in [0.2, 0.25) is 0 Å². The van der Waals surface area contributed by atoms with Crippen molar-refractivity contribution in [2.24, 2.45) is 0 Å². The Balaban J connectivity index is 1.63. The van der Waals surface area contributed by atoms with Crippen molar-refractivity contribution in [2.45, 2.75) is 26.3 Å². The maximum Gasteiger partial charge on any atom is 0.224 e. The molecule has 0 spiro atoms. The normalized spacial score (nSPS) is 12.8. The first-order valence-electron chi connectivity index (χ1n) is 8.71. The van der Waals surface area contributed by atoms with E-state index >= 15 is 0 Å². The number of nitrogens with zero attached hydrogens (tertiary/aromatic N) is 3. The van der Waals surface area contributed by atoms with Gasteiger partial charge in [-0.1, -0.05) is 24.3 Å². The van der Waals surface area contributed by atoms with E-state index in [1.54, 1.807) is 29.2 Å². The van der Waals surface area contributed by atoms with Gasteiger partial charge in [0.15, 0.2) is 0 Å². The highest BCUT2D eigenvalue weighted by molar-refractivity contribution is 5.92. The second-order valence-corrected chi connectivity index (χ2v) is 6.41. The number of fused-ring (bicyclic) bond motifs is 1. The van der Waals surface area contributed by atoms with Crippen LogP contribution in [0.5, 0.6) is 0 Å². The molecule has 2 aromatic rings.